The van der Waals surface area contributed by atoms with Gasteiger partial charge < -0.3 is 15.3 Å². The topological polar surface area (TPSA) is 89.2 Å². The highest BCUT2D eigenvalue weighted by Crippen LogP contribution is 2.42. The first-order valence-corrected chi connectivity index (χ1v) is 14.0. The molecule has 1 amide bonds. The number of hydrogen-bond acceptors (Lipinski definition) is 7. The number of nitrogens with zero attached hydrogens (tertiary/aromatic N) is 6. The van der Waals surface area contributed by atoms with Crippen molar-refractivity contribution in [1.82, 2.24) is 29.7 Å². The van der Waals surface area contributed by atoms with E-state index in [1.54, 1.807) is 18.5 Å². The van der Waals surface area contributed by atoms with E-state index in [-0.39, 0.29) is 29.3 Å². The number of halogens is 1. The van der Waals surface area contributed by atoms with Crippen molar-refractivity contribution in [3.05, 3.63) is 59.3 Å². The third-order valence-corrected chi connectivity index (χ3v) is 8.48. The Labute approximate surface area is 228 Å². The number of amides is 1. The summed E-state index contributed by atoms with van der Waals surface area (Å²) in [6.45, 7) is 11.4. The number of nitrogens with one attached hydrogen (secondary N) is 1. The van der Waals surface area contributed by atoms with Crippen LogP contribution < -0.4 is 10.2 Å². The number of carbonyl (C=O) groups is 1. The summed E-state index contributed by atoms with van der Waals surface area (Å²) in [6, 6.07) is 9.10. The van der Waals surface area contributed by atoms with Gasteiger partial charge in [0.15, 0.2) is 5.65 Å². The van der Waals surface area contributed by atoms with Gasteiger partial charge in [0.05, 0.1) is 24.0 Å². The predicted molar refractivity (Wildman–Crippen MR) is 147 cm³/mol. The summed E-state index contributed by atoms with van der Waals surface area (Å²) in [7, 11) is 0. The molecule has 39 heavy (non-hydrogen) atoms. The maximum absolute atomic E-state index is 14.0. The van der Waals surface area contributed by atoms with E-state index in [2.05, 4.69) is 52.0 Å². The molecule has 0 saturated carbocycles. The summed E-state index contributed by atoms with van der Waals surface area (Å²) in [5, 5.41) is 18.1. The average Bonchev–Trinajstić information content (AvgIpc) is 3.60. The molecule has 10 heteroatoms. The zero-order chi connectivity index (χ0) is 27.3. The van der Waals surface area contributed by atoms with Crippen molar-refractivity contribution in [3.8, 4) is 0 Å². The third kappa shape index (κ3) is 5.18. The molecular weight excluding hydrogens is 497 g/mol. The van der Waals surface area contributed by atoms with Crippen molar-refractivity contribution in [1.29, 1.82) is 0 Å². The number of aromatic nitrogens is 3. The van der Waals surface area contributed by atoms with Gasteiger partial charge in [-0.05, 0) is 37.1 Å². The number of aliphatic hydroxyl groups excluding tert-OH is 1. The molecule has 1 aromatic carbocycles. The molecule has 0 radical (unpaired) electrons. The van der Waals surface area contributed by atoms with Crippen molar-refractivity contribution >= 4 is 17.2 Å². The van der Waals surface area contributed by atoms with E-state index in [4.69, 9.17) is 0 Å². The monoisotopic (exact) mass is 535 g/mol. The van der Waals surface area contributed by atoms with Gasteiger partial charge in [-0.15, -0.1) is 0 Å². The van der Waals surface area contributed by atoms with Crippen molar-refractivity contribution in [2.24, 2.45) is 0 Å². The van der Waals surface area contributed by atoms with Gasteiger partial charge in [0.25, 0.3) is 0 Å². The van der Waals surface area contributed by atoms with Gasteiger partial charge in [-0.25, -0.2) is 13.9 Å². The first-order valence-electron chi connectivity index (χ1n) is 14.0. The van der Waals surface area contributed by atoms with Crippen LogP contribution in [0.3, 0.4) is 0 Å². The molecule has 0 bridgehead atoms. The minimum Gasteiger partial charge on any atom is -0.392 e. The van der Waals surface area contributed by atoms with Crippen LogP contribution in [0.15, 0.2) is 36.7 Å². The molecule has 0 aliphatic carbocycles. The van der Waals surface area contributed by atoms with E-state index in [1.165, 1.54) is 12.1 Å². The normalized spacial score (nSPS) is 25.5. The first kappa shape index (κ1) is 26.3. The molecule has 0 unspecified atom stereocenters. The Morgan fingerprint density at radius 3 is 2.77 bits per heavy atom. The molecule has 208 valence electrons. The predicted octanol–water partition coefficient (Wildman–Crippen LogP) is 1.81. The number of benzene rings is 1. The Hall–Kier alpha value is -2.92. The quantitative estimate of drug-likeness (QED) is 0.498. The lowest BCUT2D eigenvalue weighted by atomic mass is 9.90. The van der Waals surface area contributed by atoms with Crippen LogP contribution in [0.4, 0.5) is 10.1 Å². The van der Waals surface area contributed by atoms with E-state index >= 15 is 0 Å². The number of anilines is 1. The fraction of sp³-hybridized carbons (Fsp3) is 0.552. The lowest BCUT2D eigenvalue weighted by Gasteiger charge is -2.41. The highest BCUT2D eigenvalue weighted by atomic mass is 19.1. The molecule has 2 fully saturated rings. The van der Waals surface area contributed by atoms with Gasteiger partial charge in [-0.2, -0.15) is 5.10 Å². The second-order valence-corrected chi connectivity index (χ2v) is 12.2. The summed E-state index contributed by atoms with van der Waals surface area (Å²) in [6.07, 6.45) is 2.69. The standard InChI is InChI=1S/C29H38FN7O2/c1-19-13-35(23(12-31-19)14-34-9-8-24(38)15-34)16-26(39)36-17-29(2,3)27-25(36)11-21(28-32-18-33-37(27)28)10-20-4-6-22(30)7-5-20/h4-7,11,18-19,23-24,31,38H,8-10,12-17H2,1-3H3/t19-,23-,24-/m1/s1. The Balaban J connectivity index is 1.28. The zero-order valence-corrected chi connectivity index (χ0v) is 23.0. The highest BCUT2D eigenvalue weighted by molar-refractivity contribution is 5.97. The average molecular weight is 536 g/mol. The van der Waals surface area contributed by atoms with Gasteiger partial charge in [-0.1, -0.05) is 26.0 Å². The van der Waals surface area contributed by atoms with E-state index < -0.39 is 0 Å². The summed E-state index contributed by atoms with van der Waals surface area (Å²) >= 11 is 0. The molecule has 6 rings (SSSR count). The molecule has 9 nitrogen and oxygen atoms in total. The van der Waals surface area contributed by atoms with E-state index in [9.17, 15) is 14.3 Å². The molecule has 3 aliphatic rings. The number of fused-ring (bicyclic) bond motifs is 3. The molecule has 2 aromatic heterocycles. The lowest BCUT2D eigenvalue weighted by Crippen LogP contribution is -2.60. The molecule has 0 spiro atoms. The highest BCUT2D eigenvalue weighted by Gasteiger charge is 2.42. The summed E-state index contributed by atoms with van der Waals surface area (Å²) in [5.41, 5.74) is 4.26. The maximum atomic E-state index is 14.0. The number of hydrogen-bond donors (Lipinski definition) is 2. The number of rotatable bonds is 6. The molecule has 3 atom stereocenters. The second-order valence-electron chi connectivity index (χ2n) is 12.2. The number of aliphatic hydroxyl groups is 1. The lowest BCUT2D eigenvalue weighted by molar-refractivity contribution is -0.120. The molecule has 2 N–H and O–H groups in total. The number of pyridine rings is 1. The van der Waals surface area contributed by atoms with Gasteiger partial charge in [-0.3, -0.25) is 14.6 Å². The number of piperazine rings is 1. The number of β-amino-alcohol motifs (C(OH)–C–C–N with tert-alkyl or cyclic N) is 1. The Kier molecular flexibility index (Phi) is 6.91. The second kappa shape index (κ2) is 10.2. The molecule has 3 aliphatic heterocycles. The fourth-order valence-corrected chi connectivity index (χ4v) is 6.54. The number of carbonyl (C=O) groups excluding carboxylic acids is 1. The van der Waals surface area contributed by atoms with E-state index in [0.717, 1.165) is 60.8 Å². The van der Waals surface area contributed by atoms with Gasteiger partial charge in [0, 0.05) is 68.8 Å². The Morgan fingerprint density at radius 1 is 1.23 bits per heavy atom. The SMILES string of the molecule is C[C@@H]1CN(CC(=O)N2CC(C)(C)c3c2cc(Cc2ccc(F)cc2)c2ncnn32)[C@@H](CN2CC[C@@H](O)C2)CN1. The third-order valence-electron chi connectivity index (χ3n) is 8.48. The van der Waals surface area contributed by atoms with Crippen LogP contribution >= 0.6 is 0 Å². The summed E-state index contributed by atoms with van der Waals surface area (Å²) in [5.74, 6) is -0.185. The smallest absolute Gasteiger partial charge is 0.241 e. The largest absolute Gasteiger partial charge is 0.392 e. The molecule has 3 aromatic rings. The zero-order valence-electron chi connectivity index (χ0n) is 23.0. The minimum absolute atomic E-state index is 0.0783. The van der Waals surface area contributed by atoms with Crippen LogP contribution in [0, 0.1) is 5.82 Å². The first-order chi connectivity index (χ1) is 18.7. The van der Waals surface area contributed by atoms with Crippen molar-refractivity contribution in [2.75, 3.05) is 50.7 Å². The molecule has 2 saturated heterocycles. The minimum atomic E-state index is -0.298. The number of likely N-dealkylation sites (tertiary alicyclic amines) is 1. The van der Waals surface area contributed by atoms with E-state index in [1.807, 2.05) is 9.42 Å². The Bertz CT molecular complexity index is 1360. The van der Waals surface area contributed by atoms with Crippen molar-refractivity contribution < 1.29 is 14.3 Å². The van der Waals surface area contributed by atoms with Crippen LogP contribution in [0.5, 0.6) is 0 Å². The molecule has 5 heterocycles. The Morgan fingerprint density at radius 2 is 2.03 bits per heavy atom. The maximum Gasteiger partial charge on any atom is 0.241 e. The van der Waals surface area contributed by atoms with Crippen LogP contribution in [0.25, 0.3) is 5.65 Å². The summed E-state index contributed by atoms with van der Waals surface area (Å²) < 4.78 is 15.4. The van der Waals surface area contributed by atoms with Crippen LogP contribution in [-0.4, -0.2) is 99.4 Å². The van der Waals surface area contributed by atoms with Gasteiger partial charge in [0.2, 0.25) is 5.91 Å². The van der Waals surface area contributed by atoms with Crippen LogP contribution in [0.1, 0.15) is 44.0 Å². The van der Waals surface area contributed by atoms with Gasteiger partial charge in [0.1, 0.15) is 12.1 Å². The van der Waals surface area contributed by atoms with Crippen LogP contribution in [-0.2, 0) is 16.6 Å². The van der Waals surface area contributed by atoms with Gasteiger partial charge >= 0.3 is 0 Å². The van der Waals surface area contributed by atoms with Crippen molar-refractivity contribution in [2.45, 2.75) is 57.2 Å². The fourth-order valence-electron chi connectivity index (χ4n) is 6.54. The van der Waals surface area contributed by atoms with Crippen molar-refractivity contribution in [3.63, 3.8) is 0 Å². The molecular formula is C29H38FN7O2. The summed E-state index contributed by atoms with van der Waals surface area (Å²) in [4.78, 5) is 25.1. The van der Waals surface area contributed by atoms with Crippen LogP contribution in [0.2, 0.25) is 0 Å². The van der Waals surface area contributed by atoms with E-state index in [0.29, 0.717) is 32.1 Å².